The quantitative estimate of drug-likeness (QED) is 0.254. The van der Waals surface area contributed by atoms with Gasteiger partial charge < -0.3 is 10.2 Å². The average molecular weight is 502 g/mol. The third-order valence-corrected chi connectivity index (χ3v) is 5.56. The molecule has 37 heavy (non-hydrogen) atoms. The Bertz CT molecular complexity index is 1400. The first-order chi connectivity index (χ1) is 17.9. The van der Waals surface area contributed by atoms with E-state index in [1.165, 1.54) is 46.0 Å². The van der Waals surface area contributed by atoms with Crippen LogP contribution in [0.25, 0.3) is 16.9 Å². The fourth-order valence-electron chi connectivity index (χ4n) is 3.79. The van der Waals surface area contributed by atoms with Gasteiger partial charge in [-0.05, 0) is 42.8 Å². The van der Waals surface area contributed by atoms with Crippen LogP contribution in [-0.4, -0.2) is 44.5 Å². The maximum atomic E-state index is 13.5. The van der Waals surface area contributed by atoms with Crippen LogP contribution < -0.4 is 5.32 Å². The molecule has 1 aromatic heterocycles. The lowest BCUT2D eigenvalue weighted by atomic mass is 10.1. The minimum absolute atomic E-state index is 0.125. The molecule has 9 nitrogen and oxygen atoms in total. The molecule has 0 spiro atoms. The normalized spacial score (nSPS) is 10.6. The highest BCUT2D eigenvalue weighted by molar-refractivity contribution is 5.99. The number of nitrogens with zero attached hydrogens (tertiary/aromatic N) is 4. The van der Waals surface area contributed by atoms with Gasteiger partial charge in [0, 0.05) is 35.9 Å². The molecule has 1 N–H and O–H groups in total. The van der Waals surface area contributed by atoms with Gasteiger partial charge in [0.25, 0.3) is 11.6 Å². The Morgan fingerprint density at radius 1 is 1.03 bits per heavy atom. The zero-order valence-corrected chi connectivity index (χ0v) is 20.0. The third kappa shape index (κ3) is 6.04. The summed E-state index contributed by atoms with van der Waals surface area (Å²) in [6, 6.07) is 22.1. The Labute approximate surface area is 212 Å². The Hall–Kier alpha value is -4.86. The number of carbonyl (C=O) groups excluding carboxylic acids is 2. The topological polar surface area (TPSA) is 110 Å². The maximum absolute atomic E-state index is 13.5. The average Bonchev–Trinajstić information content (AvgIpc) is 3.32. The molecule has 0 atom stereocenters. The van der Waals surface area contributed by atoms with Crippen molar-refractivity contribution in [2.45, 2.75) is 13.3 Å². The summed E-state index contributed by atoms with van der Waals surface area (Å²) in [5.41, 5.74) is 2.10. The molecule has 0 saturated carbocycles. The van der Waals surface area contributed by atoms with Crippen LogP contribution in [0.2, 0.25) is 0 Å². The van der Waals surface area contributed by atoms with E-state index in [-0.39, 0.29) is 17.8 Å². The molecule has 0 unspecified atom stereocenters. The highest BCUT2D eigenvalue weighted by Crippen LogP contribution is 2.25. The first-order valence-electron chi connectivity index (χ1n) is 11.6. The van der Waals surface area contributed by atoms with Gasteiger partial charge in [-0.2, -0.15) is 5.10 Å². The summed E-state index contributed by atoms with van der Waals surface area (Å²) >= 11 is 0. The fraction of sp³-hybridized carbons (Fsp3) is 0.148. The van der Waals surface area contributed by atoms with Gasteiger partial charge in [-0.25, -0.2) is 9.07 Å². The summed E-state index contributed by atoms with van der Waals surface area (Å²) in [6.07, 6.45) is 0.609. The van der Waals surface area contributed by atoms with Gasteiger partial charge in [0.1, 0.15) is 18.2 Å². The Morgan fingerprint density at radius 3 is 2.32 bits per heavy atom. The van der Waals surface area contributed by atoms with E-state index in [1.54, 1.807) is 18.2 Å². The van der Waals surface area contributed by atoms with E-state index in [2.05, 4.69) is 10.4 Å². The van der Waals surface area contributed by atoms with Gasteiger partial charge in [-0.1, -0.05) is 37.3 Å². The summed E-state index contributed by atoms with van der Waals surface area (Å²) in [7, 11) is 0. The second-order valence-corrected chi connectivity index (χ2v) is 8.25. The van der Waals surface area contributed by atoms with Crippen molar-refractivity contribution in [2.75, 3.05) is 18.4 Å². The number of nitrogens with one attached hydrogen (secondary N) is 1. The van der Waals surface area contributed by atoms with Crippen molar-refractivity contribution in [2.24, 2.45) is 0 Å². The molecule has 1 heterocycles. The van der Waals surface area contributed by atoms with Crippen LogP contribution in [0, 0.1) is 15.9 Å². The third-order valence-electron chi connectivity index (χ3n) is 5.56. The second-order valence-electron chi connectivity index (χ2n) is 8.25. The first kappa shape index (κ1) is 25.2. The van der Waals surface area contributed by atoms with Crippen molar-refractivity contribution < 1.29 is 18.9 Å². The zero-order chi connectivity index (χ0) is 26.4. The Morgan fingerprint density at radius 2 is 1.70 bits per heavy atom. The number of nitro benzene ring substituents is 1. The molecule has 4 aromatic rings. The van der Waals surface area contributed by atoms with Crippen LogP contribution in [0.1, 0.15) is 23.7 Å². The van der Waals surface area contributed by atoms with Crippen molar-refractivity contribution in [3.05, 3.63) is 106 Å². The lowest BCUT2D eigenvalue weighted by molar-refractivity contribution is -0.384. The molecule has 0 fully saturated rings. The van der Waals surface area contributed by atoms with Crippen LogP contribution in [0.5, 0.6) is 0 Å². The molecule has 4 rings (SSSR count). The zero-order valence-electron chi connectivity index (χ0n) is 20.0. The molecule has 10 heteroatoms. The number of halogens is 1. The van der Waals surface area contributed by atoms with E-state index in [9.17, 15) is 24.1 Å². The molecule has 3 aromatic carbocycles. The number of amides is 2. The smallest absolute Gasteiger partial charge is 0.269 e. The van der Waals surface area contributed by atoms with E-state index < -0.39 is 22.6 Å². The van der Waals surface area contributed by atoms with Gasteiger partial charge in [0.15, 0.2) is 0 Å². The fourth-order valence-corrected chi connectivity index (χ4v) is 3.79. The molecular weight excluding hydrogens is 477 g/mol. The van der Waals surface area contributed by atoms with E-state index in [1.807, 2.05) is 37.3 Å². The molecule has 0 aliphatic carbocycles. The molecule has 0 radical (unpaired) electrons. The van der Waals surface area contributed by atoms with E-state index in [0.717, 1.165) is 5.56 Å². The molecule has 0 aliphatic rings. The number of hydrogen-bond acceptors (Lipinski definition) is 5. The van der Waals surface area contributed by atoms with Gasteiger partial charge in [0.2, 0.25) is 5.91 Å². The summed E-state index contributed by atoms with van der Waals surface area (Å²) in [5.74, 6) is -0.907. The van der Waals surface area contributed by atoms with E-state index in [0.29, 0.717) is 30.2 Å². The number of anilines is 1. The number of carbonyl (C=O) groups is 2. The van der Waals surface area contributed by atoms with Crippen molar-refractivity contribution in [1.82, 2.24) is 14.7 Å². The summed E-state index contributed by atoms with van der Waals surface area (Å²) in [5, 5.41) is 18.3. The lowest BCUT2D eigenvalue weighted by Crippen LogP contribution is -2.38. The van der Waals surface area contributed by atoms with Crippen LogP contribution in [0.15, 0.2) is 84.9 Å². The second kappa shape index (κ2) is 11.3. The number of hydrogen-bond donors (Lipinski definition) is 1. The standard InChI is InChI=1S/C27H24FN5O4/c1-2-16-31(27(35)20-8-12-23(13-9-20)33(36)37)18-26(34)29-25-17-24(19-6-4-3-5-7-19)30-32(25)22-14-10-21(28)11-15-22/h3-15,17H,2,16,18H2,1H3,(H,29,34). The SMILES string of the molecule is CCCN(CC(=O)Nc1cc(-c2ccccc2)nn1-c1ccc(F)cc1)C(=O)c1ccc([N+](=O)[O-])cc1. The predicted octanol–water partition coefficient (Wildman–Crippen LogP) is 5.08. The molecule has 0 saturated heterocycles. The molecular formula is C27H24FN5O4. The Kier molecular flexibility index (Phi) is 7.68. The number of non-ortho nitro benzene ring substituents is 1. The van der Waals surface area contributed by atoms with Crippen molar-refractivity contribution in [3.8, 4) is 16.9 Å². The first-order valence-corrected chi connectivity index (χ1v) is 11.6. The highest BCUT2D eigenvalue weighted by atomic mass is 19.1. The monoisotopic (exact) mass is 501 g/mol. The van der Waals surface area contributed by atoms with Gasteiger partial charge in [-0.15, -0.1) is 0 Å². The molecule has 0 aliphatic heterocycles. The lowest BCUT2D eigenvalue weighted by Gasteiger charge is -2.21. The minimum atomic E-state index is -0.542. The predicted molar refractivity (Wildman–Crippen MR) is 137 cm³/mol. The molecule has 0 bridgehead atoms. The summed E-state index contributed by atoms with van der Waals surface area (Å²) in [4.78, 5) is 37.8. The minimum Gasteiger partial charge on any atom is -0.329 e. The molecule has 188 valence electrons. The van der Waals surface area contributed by atoms with Crippen LogP contribution in [-0.2, 0) is 4.79 Å². The van der Waals surface area contributed by atoms with Crippen LogP contribution in [0.4, 0.5) is 15.9 Å². The number of aromatic nitrogens is 2. The summed E-state index contributed by atoms with van der Waals surface area (Å²) < 4.78 is 15.0. The number of nitro groups is 1. The van der Waals surface area contributed by atoms with Crippen LogP contribution >= 0.6 is 0 Å². The number of benzene rings is 3. The number of rotatable bonds is 9. The van der Waals surface area contributed by atoms with Gasteiger partial charge in [0.05, 0.1) is 16.3 Å². The van der Waals surface area contributed by atoms with E-state index >= 15 is 0 Å². The van der Waals surface area contributed by atoms with Crippen molar-refractivity contribution in [1.29, 1.82) is 0 Å². The van der Waals surface area contributed by atoms with Crippen molar-refractivity contribution >= 4 is 23.3 Å². The summed E-state index contributed by atoms with van der Waals surface area (Å²) in [6.45, 7) is 1.96. The maximum Gasteiger partial charge on any atom is 0.269 e. The highest BCUT2D eigenvalue weighted by Gasteiger charge is 2.21. The van der Waals surface area contributed by atoms with Gasteiger partial charge >= 0.3 is 0 Å². The largest absolute Gasteiger partial charge is 0.329 e. The van der Waals surface area contributed by atoms with Crippen molar-refractivity contribution in [3.63, 3.8) is 0 Å². The molecule has 2 amide bonds. The van der Waals surface area contributed by atoms with Gasteiger partial charge in [-0.3, -0.25) is 19.7 Å². The van der Waals surface area contributed by atoms with Crippen LogP contribution in [0.3, 0.4) is 0 Å². The van der Waals surface area contributed by atoms with E-state index in [4.69, 9.17) is 0 Å². The Balaban J connectivity index is 1.57.